The zero-order chi connectivity index (χ0) is 28.1. The molecule has 1 saturated heterocycles. The van der Waals surface area contributed by atoms with E-state index in [4.69, 9.17) is 23.2 Å². The van der Waals surface area contributed by atoms with Gasteiger partial charge in [-0.05, 0) is 47.2 Å². The first-order chi connectivity index (χ1) is 19.3. The van der Waals surface area contributed by atoms with Gasteiger partial charge in [-0.3, -0.25) is 34.9 Å². The highest BCUT2D eigenvalue weighted by atomic mass is 35.5. The van der Waals surface area contributed by atoms with Gasteiger partial charge in [-0.25, -0.2) is 0 Å². The van der Waals surface area contributed by atoms with E-state index in [2.05, 4.69) is 10.9 Å². The van der Waals surface area contributed by atoms with E-state index in [1.807, 2.05) is 48.5 Å². The van der Waals surface area contributed by atoms with Crippen molar-refractivity contribution in [2.24, 2.45) is 11.8 Å². The van der Waals surface area contributed by atoms with Crippen LogP contribution in [0.15, 0.2) is 78.9 Å². The van der Waals surface area contributed by atoms with Crippen LogP contribution in [0.1, 0.15) is 58.3 Å². The second kappa shape index (κ2) is 10.1. The molecule has 40 heavy (non-hydrogen) atoms. The van der Waals surface area contributed by atoms with Crippen molar-refractivity contribution in [1.29, 1.82) is 0 Å². The van der Waals surface area contributed by atoms with Crippen LogP contribution in [-0.4, -0.2) is 35.1 Å². The summed E-state index contributed by atoms with van der Waals surface area (Å²) < 4.78 is 0. The first-order valence-corrected chi connectivity index (χ1v) is 14.1. The number of benzene rings is 3. The minimum atomic E-state index is -1.18. The Balaban J connectivity index is 1.10. The normalized spacial score (nSPS) is 25.7. The first kappa shape index (κ1) is 26.5. The number of nitrogens with one attached hydrogen (secondary N) is 2. The number of hydrogen-bond acceptors (Lipinski definition) is 4. The smallest absolute Gasteiger partial charge is 0.269 e. The lowest BCUT2D eigenvalue weighted by molar-refractivity contribution is -0.140. The summed E-state index contributed by atoms with van der Waals surface area (Å²) in [5, 5.41) is 0. The number of likely N-dealkylation sites (tertiary alicyclic amines) is 1. The van der Waals surface area contributed by atoms with Crippen LogP contribution >= 0.6 is 23.2 Å². The molecule has 7 nitrogen and oxygen atoms in total. The van der Waals surface area contributed by atoms with Crippen molar-refractivity contribution in [2.45, 2.75) is 35.4 Å². The number of carbonyl (C=O) groups is 4. The van der Waals surface area contributed by atoms with Gasteiger partial charge >= 0.3 is 0 Å². The van der Waals surface area contributed by atoms with Crippen LogP contribution in [0, 0.1) is 11.8 Å². The van der Waals surface area contributed by atoms with Crippen molar-refractivity contribution in [3.63, 3.8) is 0 Å². The highest BCUT2D eigenvalue weighted by Gasteiger charge is 2.72. The van der Waals surface area contributed by atoms with Crippen molar-refractivity contribution in [3.8, 4) is 0 Å². The van der Waals surface area contributed by atoms with Gasteiger partial charge in [-0.2, -0.15) is 0 Å². The molecule has 2 N–H and O–H groups in total. The van der Waals surface area contributed by atoms with E-state index in [1.165, 1.54) is 4.90 Å². The average molecular weight is 576 g/mol. The van der Waals surface area contributed by atoms with E-state index in [9.17, 15) is 19.2 Å². The number of imide groups is 1. The molecule has 3 aliphatic carbocycles. The summed E-state index contributed by atoms with van der Waals surface area (Å²) in [6.07, 6.45) is 1.88. The fourth-order valence-corrected chi connectivity index (χ4v) is 7.63. The lowest BCUT2D eigenvalue weighted by Gasteiger charge is -2.54. The number of carbonyl (C=O) groups excluding carboxylic acids is 4. The Morgan fingerprint density at radius 1 is 0.675 bits per heavy atom. The Morgan fingerprint density at radius 3 is 1.65 bits per heavy atom. The molecule has 0 saturated carbocycles. The predicted molar refractivity (Wildman–Crippen MR) is 150 cm³/mol. The Kier molecular flexibility index (Phi) is 6.67. The Hall–Kier alpha value is -3.68. The molecule has 1 heterocycles. The zero-order valence-electron chi connectivity index (χ0n) is 21.5. The highest BCUT2D eigenvalue weighted by Crippen LogP contribution is 2.69. The van der Waals surface area contributed by atoms with E-state index in [-0.39, 0.29) is 30.7 Å². The van der Waals surface area contributed by atoms with Gasteiger partial charge in [0.2, 0.25) is 17.7 Å². The molecular formula is C31H27Cl2N3O4. The zero-order valence-corrected chi connectivity index (χ0v) is 23.0. The van der Waals surface area contributed by atoms with Crippen molar-refractivity contribution in [1.82, 2.24) is 15.8 Å². The van der Waals surface area contributed by atoms with Gasteiger partial charge < -0.3 is 0 Å². The molecule has 0 radical (unpaired) electrons. The van der Waals surface area contributed by atoms with Crippen molar-refractivity contribution >= 4 is 46.8 Å². The summed E-state index contributed by atoms with van der Waals surface area (Å²) in [7, 11) is 0. The maximum absolute atomic E-state index is 13.8. The van der Waals surface area contributed by atoms with Gasteiger partial charge in [-0.1, -0.05) is 73.2 Å². The number of nitrogens with zero attached hydrogens (tertiary/aromatic N) is 1. The molecule has 3 aromatic carbocycles. The first-order valence-electron chi connectivity index (χ1n) is 13.4. The third-order valence-corrected chi connectivity index (χ3v) is 9.60. The van der Waals surface area contributed by atoms with Gasteiger partial charge in [0.25, 0.3) is 5.91 Å². The van der Waals surface area contributed by atoms with E-state index in [0.29, 0.717) is 24.8 Å². The Labute approximate surface area is 241 Å². The van der Waals surface area contributed by atoms with E-state index in [1.54, 1.807) is 30.3 Å². The molecule has 0 unspecified atom stereocenters. The van der Waals surface area contributed by atoms with Crippen molar-refractivity contribution < 1.29 is 19.2 Å². The fraction of sp³-hybridized carbons (Fsp3) is 0.290. The molecule has 0 aromatic heterocycles. The van der Waals surface area contributed by atoms with Crippen LogP contribution in [0.5, 0.6) is 0 Å². The average Bonchev–Trinajstić information content (AvgIpc) is 3.25. The summed E-state index contributed by atoms with van der Waals surface area (Å²) in [4.78, 5) is 50.8. The van der Waals surface area contributed by atoms with Gasteiger partial charge in [0, 0.05) is 18.5 Å². The summed E-state index contributed by atoms with van der Waals surface area (Å²) >= 11 is 14.8. The second-order valence-electron chi connectivity index (χ2n) is 10.5. The molecule has 9 heteroatoms. The molecule has 2 atom stereocenters. The lowest BCUT2D eigenvalue weighted by Crippen LogP contribution is -2.57. The molecule has 0 spiro atoms. The molecular weight excluding hydrogens is 549 g/mol. The highest BCUT2D eigenvalue weighted by molar-refractivity contribution is 6.36. The van der Waals surface area contributed by atoms with E-state index >= 15 is 0 Å². The predicted octanol–water partition coefficient (Wildman–Crippen LogP) is 4.60. The molecule has 204 valence electrons. The number of unbranched alkanes of at least 4 members (excludes halogenated alkanes) is 2. The SMILES string of the molecule is O=C(CCCCCN1C(=O)[C@H]2[C@H](C1=O)C1(Cl)c3ccccc3C2(Cl)c2ccccc21)NNC(=O)c1ccccc1. The molecule has 1 aliphatic heterocycles. The van der Waals surface area contributed by atoms with Crippen LogP contribution in [0.3, 0.4) is 0 Å². The number of halogens is 2. The number of hydrazine groups is 1. The summed E-state index contributed by atoms with van der Waals surface area (Å²) in [6, 6.07) is 23.7. The Bertz CT molecular complexity index is 1400. The molecule has 4 amide bonds. The largest absolute Gasteiger partial charge is 0.282 e. The van der Waals surface area contributed by atoms with Crippen LogP contribution in [0.25, 0.3) is 0 Å². The fourth-order valence-electron chi connectivity index (χ4n) is 6.53. The second-order valence-corrected chi connectivity index (χ2v) is 11.7. The monoisotopic (exact) mass is 575 g/mol. The minimum absolute atomic E-state index is 0.197. The van der Waals surface area contributed by atoms with Crippen LogP contribution in [0.2, 0.25) is 0 Å². The van der Waals surface area contributed by atoms with E-state index in [0.717, 1.165) is 22.3 Å². The van der Waals surface area contributed by atoms with Gasteiger partial charge in [0.15, 0.2) is 0 Å². The topological polar surface area (TPSA) is 95.6 Å². The summed E-state index contributed by atoms with van der Waals surface area (Å²) in [5.74, 6) is -2.93. The summed E-state index contributed by atoms with van der Waals surface area (Å²) in [5.41, 5.74) is 8.37. The maximum Gasteiger partial charge on any atom is 0.269 e. The standard InChI is InChI=1S/C31H27Cl2N3O4/c32-30-20-13-6-7-14-21(20)31(33,23-16-9-8-15-22(23)30)26-25(30)28(39)36(29(26)40)18-10-2-5-17-24(37)34-35-27(38)19-11-3-1-4-12-19/h1,3-4,6-9,11-16,25-26H,2,5,10,17-18H2,(H,34,37)(H,35,38)/t25-,26-,30?,31?/m1/s1. The molecule has 2 bridgehead atoms. The van der Waals surface area contributed by atoms with Crippen LogP contribution < -0.4 is 10.9 Å². The number of hydrogen-bond donors (Lipinski definition) is 2. The molecule has 7 rings (SSSR count). The van der Waals surface area contributed by atoms with Crippen molar-refractivity contribution in [3.05, 3.63) is 107 Å². The van der Waals surface area contributed by atoms with Gasteiger partial charge in [0.05, 0.1) is 11.8 Å². The summed E-state index contributed by atoms with van der Waals surface area (Å²) in [6.45, 7) is 0.226. The number of amides is 4. The quantitative estimate of drug-likeness (QED) is 0.186. The van der Waals surface area contributed by atoms with Crippen LogP contribution in [-0.2, 0) is 24.1 Å². The minimum Gasteiger partial charge on any atom is -0.282 e. The third-order valence-electron chi connectivity index (χ3n) is 8.31. The van der Waals surface area contributed by atoms with Gasteiger partial charge in [0.1, 0.15) is 9.75 Å². The molecule has 1 fully saturated rings. The van der Waals surface area contributed by atoms with Crippen molar-refractivity contribution in [2.75, 3.05) is 6.54 Å². The number of rotatable bonds is 7. The number of alkyl halides is 2. The third kappa shape index (κ3) is 3.86. The van der Waals surface area contributed by atoms with Gasteiger partial charge in [-0.15, -0.1) is 23.2 Å². The molecule has 4 aliphatic rings. The Morgan fingerprint density at radius 2 is 1.15 bits per heavy atom. The van der Waals surface area contributed by atoms with Crippen LogP contribution in [0.4, 0.5) is 0 Å². The van der Waals surface area contributed by atoms with E-state index < -0.39 is 27.5 Å². The molecule has 3 aromatic rings. The maximum atomic E-state index is 13.8. The lowest BCUT2D eigenvalue weighted by atomic mass is 9.54.